The van der Waals surface area contributed by atoms with Crippen molar-refractivity contribution in [1.82, 2.24) is 4.90 Å². The van der Waals surface area contributed by atoms with Crippen LogP contribution in [0.3, 0.4) is 0 Å². The van der Waals surface area contributed by atoms with Crippen molar-refractivity contribution in [2.45, 2.75) is 86.0 Å². The highest BCUT2D eigenvalue weighted by Crippen LogP contribution is 2.10. The fourth-order valence-corrected chi connectivity index (χ4v) is 2.25. The zero-order valence-corrected chi connectivity index (χ0v) is 14.8. The molecule has 0 spiro atoms. The van der Waals surface area contributed by atoms with Crippen molar-refractivity contribution >= 4 is 0 Å². The lowest BCUT2D eigenvalue weighted by molar-refractivity contribution is 0.333. The van der Waals surface area contributed by atoms with Crippen LogP contribution < -0.4 is 0 Å². The highest BCUT2D eigenvalue weighted by Gasteiger charge is 2.02. The molecule has 0 fully saturated rings. The Hall–Kier alpha value is -0.460. The average Bonchev–Trinajstić information content (AvgIpc) is 2.39. The number of nitrogens with zero attached hydrogens (tertiary/aromatic N) is 1. The van der Waals surface area contributed by atoms with Crippen LogP contribution in [0.2, 0.25) is 0 Å². The Kier molecular flexibility index (Phi) is 13.2. The minimum atomic E-state index is 0.658. The summed E-state index contributed by atoms with van der Waals surface area (Å²) in [6.07, 6.45) is 15.8. The zero-order valence-electron chi connectivity index (χ0n) is 14.8. The van der Waals surface area contributed by atoms with Crippen LogP contribution in [0, 0.1) is 11.8 Å². The van der Waals surface area contributed by atoms with Crippen molar-refractivity contribution < 1.29 is 0 Å². The van der Waals surface area contributed by atoms with E-state index < -0.39 is 0 Å². The summed E-state index contributed by atoms with van der Waals surface area (Å²) in [5, 5.41) is 0. The van der Waals surface area contributed by atoms with Gasteiger partial charge < -0.3 is 4.90 Å². The molecule has 0 amide bonds. The van der Waals surface area contributed by atoms with Crippen LogP contribution in [-0.4, -0.2) is 18.0 Å². The molecule has 20 heavy (non-hydrogen) atoms. The molecular formula is C19H39N. The lowest BCUT2D eigenvalue weighted by Gasteiger charge is -2.22. The molecule has 0 aliphatic carbocycles. The van der Waals surface area contributed by atoms with Gasteiger partial charge in [0.1, 0.15) is 0 Å². The summed E-state index contributed by atoms with van der Waals surface area (Å²) in [6, 6.07) is 0. The summed E-state index contributed by atoms with van der Waals surface area (Å²) < 4.78 is 0. The number of hydrogen-bond donors (Lipinski definition) is 0. The van der Waals surface area contributed by atoms with Gasteiger partial charge in [-0.05, 0) is 30.9 Å². The van der Waals surface area contributed by atoms with Gasteiger partial charge in [-0.1, -0.05) is 79.2 Å². The number of unbranched alkanes of at least 4 members (excludes halogenated alkanes) is 6. The summed E-state index contributed by atoms with van der Waals surface area (Å²) in [7, 11) is 0. The monoisotopic (exact) mass is 281 g/mol. The van der Waals surface area contributed by atoms with Crippen LogP contribution in [0.4, 0.5) is 0 Å². The third-order valence-corrected chi connectivity index (χ3v) is 3.72. The molecule has 0 N–H and O–H groups in total. The van der Waals surface area contributed by atoms with E-state index in [4.69, 9.17) is 0 Å². The maximum Gasteiger partial charge on any atom is 0.0174 e. The van der Waals surface area contributed by atoms with Gasteiger partial charge in [0.05, 0.1) is 0 Å². The van der Waals surface area contributed by atoms with Crippen molar-refractivity contribution in [2.75, 3.05) is 13.1 Å². The topological polar surface area (TPSA) is 3.24 Å². The Morgan fingerprint density at radius 1 is 0.800 bits per heavy atom. The Labute approximate surface area is 128 Å². The number of allylic oxidation sites excluding steroid dienone is 1. The van der Waals surface area contributed by atoms with Crippen LogP contribution >= 0.6 is 0 Å². The van der Waals surface area contributed by atoms with Crippen molar-refractivity contribution in [2.24, 2.45) is 11.8 Å². The second kappa shape index (κ2) is 13.5. The van der Waals surface area contributed by atoms with E-state index in [9.17, 15) is 0 Å². The first-order chi connectivity index (χ1) is 9.56. The van der Waals surface area contributed by atoms with E-state index in [0.29, 0.717) is 5.92 Å². The molecule has 0 aromatic carbocycles. The Morgan fingerprint density at radius 2 is 1.40 bits per heavy atom. The molecule has 0 aromatic heterocycles. The van der Waals surface area contributed by atoms with Gasteiger partial charge in [0, 0.05) is 13.1 Å². The summed E-state index contributed by atoms with van der Waals surface area (Å²) in [6.45, 7) is 13.9. The van der Waals surface area contributed by atoms with Crippen molar-refractivity contribution in [3.05, 3.63) is 12.3 Å². The lowest BCUT2D eigenvalue weighted by atomic mass is 10.1. The predicted octanol–water partition coefficient (Wildman–Crippen LogP) is 6.25. The maximum atomic E-state index is 2.53. The lowest BCUT2D eigenvalue weighted by Crippen LogP contribution is -2.21. The average molecular weight is 282 g/mol. The molecule has 0 aliphatic heterocycles. The van der Waals surface area contributed by atoms with Gasteiger partial charge in [-0.15, -0.1) is 0 Å². The van der Waals surface area contributed by atoms with Crippen LogP contribution in [0.1, 0.15) is 86.0 Å². The molecule has 0 bridgehead atoms. The van der Waals surface area contributed by atoms with Crippen molar-refractivity contribution in [3.8, 4) is 0 Å². The molecule has 0 atom stereocenters. The Morgan fingerprint density at radius 3 is 1.95 bits per heavy atom. The van der Waals surface area contributed by atoms with E-state index in [-0.39, 0.29) is 0 Å². The highest BCUT2D eigenvalue weighted by molar-refractivity contribution is 4.85. The third-order valence-electron chi connectivity index (χ3n) is 3.72. The maximum absolute atomic E-state index is 2.53. The SMILES string of the molecule is CCCCCCCCCN(/C=C/C(C)C)CCC(C)C. The molecule has 0 saturated heterocycles. The summed E-state index contributed by atoms with van der Waals surface area (Å²) in [4.78, 5) is 2.53. The van der Waals surface area contributed by atoms with Gasteiger partial charge in [-0.25, -0.2) is 0 Å². The fourth-order valence-electron chi connectivity index (χ4n) is 2.25. The predicted molar refractivity (Wildman–Crippen MR) is 93.0 cm³/mol. The van der Waals surface area contributed by atoms with Gasteiger partial charge in [0.15, 0.2) is 0 Å². The first-order valence-electron chi connectivity index (χ1n) is 8.98. The summed E-state index contributed by atoms with van der Waals surface area (Å²) >= 11 is 0. The minimum Gasteiger partial charge on any atom is -0.378 e. The first kappa shape index (κ1) is 19.5. The molecule has 0 unspecified atom stereocenters. The molecule has 0 aromatic rings. The molecule has 0 heterocycles. The van der Waals surface area contributed by atoms with E-state index in [2.05, 4.69) is 51.8 Å². The van der Waals surface area contributed by atoms with Gasteiger partial charge in [0.2, 0.25) is 0 Å². The number of rotatable bonds is 13. The van der Waals surface area contributed by atoms with Gasteiger partial charge in [-0.3, -0.25) is 0 Å². The molecule has 0 rings (SSSR count). The van der Waals surface area contributed by atoms with E-state index in [1.165, 1.54) is 64.5 Å². The van der Waals surface area contributed by atoms with Crippen LogP contribution in [0.5, 0.6) is 0 Å². The second-order valence-electron chi connectivity index (χ2n) is 6.93. The first-order valence-corrected chi connectivity index (χ1v) is 8.98. The fraction of sp³-hybridized carbons (Fsp3) is 0.895. The van der Waals surface area contributed by atoms with Crippen LogP contribution in [0.25, 0.3) is 0 Å². The van der Waals surface area contributed by atoms with Gasteiger partial charge in [-0.2, -0.15) is 0 Å². The smallest absolute Gasteiger partial charge is 0.0174 e. The third kappa shape index (κ3) is 14.0. The zero-order chi connectivity index (χ0) is 15.2. The normalized spacial score (nSPS) is 11.9. The van der Waals surface area contributed by atoms with E-state index in [1.807, 2.05) is 0 Å². The minimum absolute atomic E-state index is 0.658. The van der Waals surface area contributed by atoms with Crippen LogP contribution in [-0.2, 0) is 0 Å². The van der Waals surface area contributed by atoms with Crippen molar-refractivity contribution in [1.29, 1.82) is 0 Å². The Bertz CT molecular complexity index is 218. The van der Waals surface area contributed by atoms with Gasteiger partial charge >= 0.3 is 0 Å². The molecule has 0 aliphatic rings. The van der Waals surface area contributed by atoms with E-state index in [1.54, 1.807) is 0 Å². The second-order valence-corrected chi connectivity index (χ2v) is 6.93. The van der Waals surface area contributed by atoms with Gasteiger partial charge in [0.25, 0.3) is 0 Å². The van der Waals surface area contributed by atoms with Crippen LogP contribution in [0.15, 0.2) is 12.3 Å². The molecule has 120 valence electrons. The summed E-state index contributed by atoms with van der Waals surface area (Å²) in [5.74, 6) is 1.46. The molecule has 1 nitrogen and oxygen atoms in total. The summed E-state index contributed by atoms with van der Waals surface area (Å²) in [5.41, 5.74) is 0. The van der Waals surface area contributed by atoms with Crippen molar-refractivity contribution in [3.63, 3.8) is 0 Å². The van der Waals surface area contributed by atoms with E-state index >= 15 is 0 Å². The molecule has 1 heteroatoms. The largest absolute Gasteiger partial charge is 0.378 e. The quantitative estimate of drug-likeness (QED) is 0.360. The Balaban J connectivity index is 3.79. The molecule has 0 saturated carbocycles. The van der Waals surface area contributed by atoms with E-state index in [0.717, 1.165) is 5.92 Å². The number of hydrogen-bond acceptors (Lipinski definition) is 1. The molecule has 0 radical (unpaired) electrons. The molecular weight excluding hydrogens is 242 g/mol. The standard InChI is InChI=1S/C19H39N/c1-6-7-8-9-10-11-12-15-20(16-13-18(2)3)17-14-19(4)5/h13,16,18-19H,6-12,14-15,17H2,1-5H3/b16-13+. The highest BCUT2D eigenvalue weighted by atomic mass is 15.1.